The molecule has 0 radical (unpaired) electrons. The van der Waals surface area contributed by atoms with Crippen LogP contribution in [0, 0.1) is 5.82 Å². The molecule has 2 aromatic carbocycles. The first kappa shape index (κ1) is 17.9. The Morgan fingerprint density at radius 1 is 1.00 bits per heavy atom. The lowest BCUT2D eigenvalue weighted by atomic mass is 10.1. The van der Waals surface area contributed by atoms with Gasteiger partial charge in [-0.15, -0.1) is 0 Å². The molecule has 4 rings (SSSR count). The molecule has 0 aliphatic carbocycles. The third kappa shape index (κ3) is 3.81. The van der Waals surface area contributed by atoms with E-state index in [4.69, 9.17) is 0 Å². The Kier molecular flexibility index (Phi) is 4.61. The Labute approximate surface area is 157 Å². The molecule has 27 heavy (non-hydrogen) atoms. The van der Waals surface area contributed by atoms with Crippen LogP contribution in [0.3, 0.4) is 0 Å². The molecule has 0 aromatic heterocycles. The molecule has 0 atom stereocenters. The standard InChI is InChI=1S/C19H20FN3O3S/c20-16-3-1-14(2-4-16)13-27(25,26)23-9-7-22(8-10-23)17-5-6-18-15(11-17)12-19(24)21-18/h1-6,11H,7-10,12-13H2,(H,21,24). The Morgan fingerprint density at radius 2 is 1.70 bits per heavy atom. The first-order chi connectivity index (χ1) is 12.9. The second-order valence-electron chi connectivity index (χ2n) is 6.84. The van der Waals surface area contributed by atoms with Gasteiger partial charge in [-0.3, -0.25) is 4.79 Å². The highest BCUT2D eigenvalue weighted by molar-refractivity contribution is 7.88. The first-order valence-corrected chi connectivity index (χ1v) is 10.4. The summed E-state index contributed by atoms with van der Waals surface area (Å²) < 4.78 is 39.8. The number of halogens is 1. The van der Waals surface area contributed by atoms with Crippen molar-refractivity contribution in [2.75, 3.05) is 36.4 Å². The van der Waals surface area contributed by atoms with Gasteiger partial charge in [0.25, 0.3) is 0 Å². The van der Waals surface area contributed by atoms with E-state index in [1.54, 1.807) is 0 Å². The van der Waals surface area contributed by atoms with Crippen LogP contribution < -0.4 is 10.2 Å². The van der Waals surface area contributed by atoms with Crippen molar-refractivity contribution in [3.8, 4) is 0 Å². The third-order valence-electron chi connectivity index (χ3n) is 4.97. The first-order valence-electron chi connectivity index (χ1n) is 8.81. The zero-order chi connectivity index (χ0) is 19.0. The molecule has 2 aliphatic heterocycles. The van der Waals surface area contributed by atoms with Crippen molar-refractivity contribution in [3.05, 3.63) is 59.4 Å². The highest BCUT2D eigenvalue weighted by Gasteiger charge is 2.28. The van der Waals surface area contributed by atoms with Crippen LogP contribution in [-0.4, -0.2) is 44.8 Å². The number of piperazine rings is 1. The highest BCUT2D eigenvalue weighted by Crippen LogP contribution is 2.28. The second kappa shape index (κ2) is 6.94. The number of carbonyl (C=O) groups excluding carboxylic acids is 1. The molecule has 142 valence electrons. The van der Waals surface area contributed by atoms with Crippen molar-refractivity contribution in [1.82, 2.24) is 4.31 Å². The van der Waals surface area contributed by atoms with Crippen LogP contribution in [-0.2, 0) is 27.0 Å². The zero-order valence-electron chi connectivity index (χ0n) is 14.7. The molecule has 2 aromatic rings. The number of benzene rings is 2. The van der Waals surface area contributed by atoms with E-state index in [0.717, 1.165) is 16.9 Å². The number of anilines is 2. The lowest BCUT2D eigenvalue weighted by Crippen LogP contribution is -2.49. The molecule has 1 amide bonds. The number of nitrogens with zero attached hydrogens (tertiary/aromatic N) is 2. The predicted molar refractivity (Wildman–Crippen MR) is 102 cm³/mol. The molecule has 0 saturated carbocycles. The van der Waals surface area contributed by atoms with Crippen molar-refractivity contribution in [2.24, 2.45) is 0 Å². The molecule has 2 heterocycles. The summed E-state index contributed by atoms with van der Waals surface area (Å²) in [5.74, 6) is -0.505. The van der Waals surface area contributed by atoms with Gasteiger partial charge in [-0.1, -0.05) is 12.1 Å². The summed E-state index contributed by atoms with van der Waals surface area (Å²) in [4.78, 5) is 13.6. The van der Waals surface area contributed by atoms with E-state index in [9.17, 15) is 17.6 Å². The topological polar surface area (TPSA) is 69.7 Å². The fourth-order valence-electron chi connectivity index (χ4n) is 3.52. The summed E-state index contributed by atoms with van der Waals surface area (Å²) in [5, 5.41) is 2.81. The monoisotopic (exact) mass is 389 g/mol. The van der Waals surface area contributed by atoms with E-state index in [0.29, 0.717) is 38.2 Å². The molecule has 0 bridgehead atoms. The maximum absolute atomic E-state index is 13.0. The van der Waals surface area contributed by atoms with Gasteiger partial charge in [0.1, 0.15) is 5.82 Å². The van der Waals surface area contributed by atoms with Gasteiger partial charge in [0.15, 0.2) is 0 Å². The maximum Gasteiger partial charge on any atom is 0.228 e. The Bertz CT molecular complexity index is 968. The summed E-state index contributed by atoms with van der Waals surface area (Å²) in [6.45, 7) is 1.97. The normalized spacial score (nSPS) is 17.7. The minimum Gasteiger partial charge on any atom is -0.369 e. The molecule has 0 unspecified atom stereocenters. The van der Waals surface area contributed by atoms with E-state index in [1.807, 2.05) is 18.2 Å². The molecule has 6 nitrogen and oxygen atoms in total. The van der Waals surface area contributed by atoms with Gasteiger partial charge in [-0.2, -0.15) is 4.31 Å². The smallest absolute Gasteiger partial charge is 0.228 e. The van der Waals surface area contributed by atoms with E-state index < -0.39 is 10.0 Å². The highest BCUT2D eigenvalue weighted by atomic mass is 32.2. The molecular weight excluding hydrogens is 369 g/mol. The van der Waals surface area contributed by atoms with Gasteiger partial charge in [-0.05, 0) is 41.5 Å². The minimum absolute atomic E-state index is 0.00106. The maximum atomic E-state index is 13.0. The van der Waals surface area contributed by atoms with Crippen molar-refractivity contribution < 1.29 is 17.6 Å². The van der Waals surface area contributed by atoms with E-state index >= 15 is 0 Å². The lowest BCUT2D eigenvalue weighted by Gasteiger charge is -2.35. The Morgan fingerprint density at radius 3 is 2.41 bits per heavy atom. The molecule has 2 aliphatic rings. The SMILES string of the molecule is O=C1Cc2cc(N3CCN(S(=O)(=O)Cc4ccc(F)cc4)CC3)ccc2N1. The van der Waals surface area contributed by atoms with Gasteiger partial charge in [-0.25, -0.2) is 12.8 Å². The Hall–Kier alpha value is -2.45. The lowest BCUT2D eigenvalue weighted by molar-refractivity contribution is -0.115. The van der Waals surface area contributed by atoms with Gasteiger partial charge in [0.2, 0.25) is 15.9 Å². The van der Waals surface area contributed by atoms with Crippen LogP contribution in [0.5, 0.6) is 0 Å². The minimum atomic E-state index is -3.44. The summed E-state index contributed by atoms with van der Waals surface area (Å²) >= 11 is 0. The van der Waals surface area contributed by atoms with Crippen molar-refractivity contribution in [1.29, 1.82) is 0 Å². The van der Waals surface area contributed by atoms with Crippen LogP contribution in [0.4, 0.5) is 15.8 Å². The number of amides is 1. The molecule has 1 fully saturated rings. The average Bonchev–Trinajstić information content (AvgIpc) is 3.03. The number of fused-ring (bicyclic) bond motifs is 1. The second-order valence-corrected chi connectivity index (χ2v) is 8.80. The van der Waals surface area contributed by atoms with E-state index in [-0.39, 0.29) is 17.5 Å². The number of nitrogens with one attached hydrogen (secondary N) is 1. The van der Waals surface area contributed by atoms with Crippen LogP contribution in [0.25, 0.3) is 0 Å². The largest absolute Gasteiger partial charge is 0.369 e. The average molecular weight is 389 g/mol. The van der Waals surface area contributed by atoms with Crippen molar-refractivity contribution >= 4 is 27.3 Å². The van der Waals surface area contributed by atoms with Gasteiger partial charge < -0.3 is 10.2 Å². The quantitative estimate of drug-likeness (QED) is 0.868. The summed E-state index contributed by atoms with van der Waals surface area (Å²) in [7, 11) is -3.44. The number of rotatable bonds is 4. The predicted octanol–water partition coefficient (Wildman–Crippen LogP) is 1.97. The van der Waals surface area contributed by atoms with Gasteiger partial charge in [0.05, 0.1) is 12.2 Å². The van der Waals surface area contributed by atoms with Gasteiger partial charge >= 0.3 is 0 Å². The summed E-state index contributed by atoms with van der Waals surface area (Å²) in [6, 6.07) is 11.4. The molecule has 1 saturated heterocycles. The van der Waals surface area contributed by atoms with Crippen molar-refractivity contribution in [2.45, 2.75) is 12.2 Å². The Balaban J connectivity index is 1.40. The van der Waals surface area contributed by atoms with Crippen molar-refractivity contribution in [3.63, 3.8) is 0 Å². The fourth-order valence-corrected chi connectivity index (χ4v) is 5.04. The fraction of sp³-hybridized carbons (Fsp3) is 0.316. The van der Waals surface area contributed by atoms with Crippen LogP contribution in [0.15, 0.2) is 42.5 Å². The molecular formula is C19H20FN3O3S. The van der Waals surface area contributed by atoms with Crippen LogP contribution >= 0.6 is 0 Å². The van der Waals surface area contributed by atoms with Crippen LogP contribution in [0.1, 0.15) is 11.1 Å². The molecule has 0 spiro atoms. The summed E-state index contributed by atoms with van der Waals surface area (Å²) in [5.41, 5.74) is 3.41. The molecule has 8 heteroatoms. The third-order valence-corrected chi connectivity index (χ3v) is 6.82. The number of hydrogen-bond acceptors (Lipinski definition) is 4. The number of carbonyl (C=O) groups is 1. The van der Waals surface area contributed by atoms with E-state index in [1.165, 1.54) is 28.6 Å². The van der Waals surface area contributed by atoms with E-state index in [2.05, 4.69) is 10.2 Å². The summed E-state index contributed by atoms with van der Waals surface area (Å²) in [6.07, 6.45) is 0.384. The van der Waals surface area contributed by atoms with Gasteiger partial charge in [0, 0.05) is 37.6 Å². The molecule has 1 N–H and O–H groups in total. The van der Waals surface area contributed by atoms with Crippen LogP contribution in [0.2, 0.25) is 0 Å². The number of sulfonamides is 1. The zero-order valence-corrected chi connectivity index (χ0v) is 15.5. The number of hydrogen-bond donors (Lipinski definition) is 1.